The number of amides is 1. The molecule has 1 amide bonds. The van der Waals surface area contributed by atoms with Crippen molar-refractivity contribution in [3.8, 4) is 5.69 Å². The molecule has 0 fully saturated rings. The third kappa shape index (κ3) is 3.36. The molecule has 24 heavy (non-hydrogen) atoms. The number of nitrogens with one attached hydrogen (secondary N) is 1. The van der Waals surface area contributed by atoms with Crippen LogP contribution in [-0.4, -0.2) is 28.8 Å². The topological polar surface area (TPSA) is 72.9 Å². The molecule has 2 aromatic rings. The summed E-state index contributed by atoms with van der Waals surface area (Å²) in [5.41, 5.74) is 10.7. The van der Waals surface area contributed by atoms with Gasteiger partial charge in [-0.3, -0.25) is 4.79 Å². The first-order chi connectivity index (χ1) is 11.6. The average Bonchev–Trinajstić information content (AvgIpc) is 3.00. The van der Waals surface area contributed by atoms with Crippen molar-refractivity contribution in [3.63, 3.8) is 0 Å². The molecule has 1 unspecified atom stereocenters. The van der Waals surface area contributed by atoms with E-state index in [4.69, 9.17) is 5.73 Å². The van der Waals surface area contributed by atoms with Crippen molar-refractivity contribution in [1.82, 2.24) is 15.1 Å². The molecule has 0 saturated heterocycles. The van der Waals surface area contributed by atoms with Crippen LogP contribution in [0.25, 0.3) is 5.69 Å². The first-order valence-electron chi connectivity index (χ1n) is 8.76. The SMILES string of the molecule is Cc1ccc(-n2nc(C(=O)NCC(C)CN)c3c2CCCC3)cc1. The first-order valence-corrected chi connectivity index (χ1v) is 8.76. The van der Waals surface area contributed by atoms with Crippen LogP contribution in [0.5, 0.6) is 0 Å². The molecule has 0 bridgehead atoms. The van der Waals surface area contributed by atoms with Crippen LogP contribution in [0.4, 0.5) is 0 Å². The molecule has 3 rings (SSSR count). The number of benzene rings is 1. The van der Waals surface area contributed by atoms with E-state index in [9.17, 15) is 4.79 Å². The summed E-state index contributed by atoms with van der Waals surface area (Å²) < 4.78 is 1.95. The fourth-order valence-corrected chi connectivity index (χ4v) is 3.11. The smallest absolute Gasteiger partial charge is 0.272 e. The summed E-state index contributed by atoms with van der Waals surface area (Å²) in [6.07, 6.45) is 4.17. The highest BCUT2D eigenvalue weighted by molar-refractivity contribution is 5.94. The molecule has 0 spiro atoms. The molecule has 0 aliphatic heterocycles. The van der Waals surface area contributed by atoms with Crippen LogP contribution in [0.2, 0.25) is 0 Å². The van der Waals surface area contributed by atoms with E-state index in [0.29, 0.717) is 18.8 Å². The second-order valence-electron chi connectivity index (χ2n) is 6.78. The van der Waals surface area contributed by atoms with Gasteiger partial charge in [-0.15, -0.1) is 0 Å². The van der Waals surface area contributed by atoms with Crippen molar-refractivity contribution in [2.24, 2.45) is 11.7 Å². The van der Waals surface area contributed by atoms with E-state index in [0.717, 1.165) is 36.9 Å². The van der Waals surface area contributed by atoms with E-state index in [1.165, 1.54) is 11.3 Å². The molecule has 1 aromatic carbocycles. The quantitative estimate of drug-likeness (QED) is 0.886. The van der Waals surface area contributed by atoms with Gasteiger partial charge in [-0.2, -0.15) is 5.10 Å². The summed E-state index contributed by atoms with van der Waals surface area (Å²) in [6, 6.07) is 8.29. The van der Waals surface area contributed by atoms with Crippen molar-refractivity contribution >= 4 is 5.91 Å². The molecule has 1 aliphatic carbocycles. The first kappa shape index (κ1) is 16.7. The Balaban J connectivity index is 1.92. The Labute approximate surface area is 143 Å². The third-order valence-corrected chi connectivity index (χ3v) is 4.69. The van der Waals surface area contributed by atoms with Crippen LogP contribution in [0.15, 0.2) is 24.3 Å². The van der Waals surface area contributed by atoms with Gasteiger partial charge in [-0.25, -0.2) is 4.68 Å². The van der Waals surface area contributed by atoms with Crippen LogP contribution in [-0.2, 0) is 12.8 Å². The second kappa shape index (κ2) is 7.18. The lowest BCUT2D eigenvalue weighted by Crippen LogP contribution is -2.32. The fraction of sp³-hybridized carbons (Fsp3) is 0.474. The van der Waals surface area contributed by atoms with E-state index in [1.54, 1.807) is 0 Å². The molecular weight excluding hydrogens is 300 g/mol. The zero-order valence-corrected chi connectivity index (χ0v) is 14.5. The van der Waals surface area contributed by atoms with Gasteiger partial charge in [-0.1, -0.05) is 24.6 Å². The van der Waals surface area contributed by atoms with Crippen LogP contribution in [0.3, 0.4) is 0 Å². The van der Waals surface area contributed by atoms with Gasteiger partial charge < -0.3 is 11.1 Å². The van der Waals surface area contributed by atoms with Gasteiger partial charge in [0.15, 0.2) is 5.69 Å². The van der Waals surface area contributed by atoms with E-state index < -0.39 is 0 Å². The number of hydrogen-bond donors (Lipinski definition) is 2. The summed E-state index contributed by atoms with van der Waals surface area (Å²) in [7, 11) is 0. The van der Waals surface area contributed by atoms with E-state index in [2.05, 4.69) is 41.6 Å². The highest BCUT2D eigenvalue weighted by Gasteiger charge is 2.25. The Bertz CT molecular complexity index is 718. The number of aryl methyl sites for hydroxylation is 1. The van der Waals surface area contributed by atoms with Gasteiger partial charge in [0, 0.05) is 17.8 Å². The van der Waals surface area contributed by atoms with E-state index in [-0.39, 0.29) is 11.8 Å². The van der Waals surface area contributed by atoms with Crippen molar-refractivity contribution in [2.45, 2.75) is 39.5 Å². The Morgan fingerprint density at radius 3 is 2.71 bits per heavy atom. The summed E-state index contributed by atoms with van der Waals surface area (Å²) in [5, 5.41) is 7.65. The Morgan fingerprint density at radius 1 is 1.29 bits per heavy atom. The lowest BCUT2D eigenvalue weighted by Gasteiger charge is -2.14. The number of aromatic nitrogens is 2. The summed E-state index contributed by atoms with van der Waals surface area (Å²) in [5.74, 6) is 0.184. The maximum Gasteiger partial charge on any atom is 0.272 e. The minimum atomic E-state index is -0.0840. The van der Waals surface area contributed by atoms with Crippen molar-refractivity contribution in [3.05, 3.63) is 46.8 Å². The number of carbonyl (C=O) groups is 1. The summed E-state index contributed by atoms with van der Waals surface area (Å²) in [4.78, 5) is 12.6. The van der Waals surface area contributed by atoms with Crippen LogP contribution in [0, 0.1) is 12.8 Å². The normalized spacial score (nSPS) is 15.0. The monoisotopic (exact) mass is 326 g/mol. The maximum absolute atomic E-state index is 12.6. The number of nitrogens with two attached hydrogens (primary N) is 1. The van der Waals surface area contributed by atoms with Gasteiger partial charge >= 0.3 is 0 Å². The number of nitrogens with zero attached hydrogens (tertiary/aromatic N) is 2. The minimum absolute atomic E-state index is 0.0840. The van der Waals surface area contributed by atoms with Gasteiger partial charge in [0.25, 0.3) is 5.91 Å². The highest BCUT2D eigenvalue weighted by atomic mass is 16.1. The van der Waals surface area contributed by atoms with E-state index in [1.807, 2.05) is 11.6 Å². The van der Waals surface area contributed by atoms with Crippen LogP contribution < -0.4 is 11.1 Å². The zero-order valence-electron chi connectivity index (χ0n) is 14.5. The lowest BCUT2D eigenvalue weighted by molar-refractivity contribution is 0.0942. The number of rotatable bonds is 5. The molecule has 1 heterocycles. The number of hydrogen-bond acceptors (Lipinski definition) is 3. The Kier molecular flexibility index (Phi) is 5.00. The van der Waals surface area contributed by atoms with Crippen molar-refractivity contribution in [2.75, 3.05) is 13.1 Å². The lowest BCUT2D eigenvalue weighted by atomic mass is 9.95. The van der Waals surface area contributed by atoms with Gasteiger partial charge in [0.2, 0.25) is 0 Å². The molecular formula is C19H26N4O. The molecule has 1 aromatic heterocycles. The number of fused-ring (bicyclic) bond motifs is 1. The van der Waals surface area contributed by atoms with Gasteiger partial charge in [0.05, 0.1) is 5.69 Å². The average molecular weight is 326 g/mol. The molecule has 5 heteroatoms. The van der Waals surface area contributed by atoms with Gasteiger partial charge in [-0.05, 0) is 57.2 Å². The Morgan fingerprint density at radius 2 is 2.00 bits per heavy atom. The Hall–Kier alpha value is -2.14. The van der Waals surface area contributed by atoms with Gasteiger partial charge in [0.1, 0.15) is 0 Å². The fourth-order valence-electron chi connectivity index (χ4n) is 3.11. The molecule has 1 aliphatic rings. The predicted octanol–water partition coefficient (Wildman–Crippen LogP) is 2.38. The standard InChI is InChI=1S/C19H26N4O/c1-13-7-9-15(10-8-13)23-17-6-4-3-5-16(17)18(22-23)19(24)21-12-14(2)11-20/h7-10,14H,3-6,11-12,20H2,1-2H3,(H,21,24). The minimum Gasteiger partial charge on any atom is -0.350 e. The molecule has 1 atom stereocenters. The van der Waals surface area contributed by atoms with Crippen molar-refractivity contribution in [1.29, 1.82) is 0 Å². The second-order valence-corrected chi connectivity index (χ2v) is 6.78. The summed E-state index contributed by atoms with van der Waals surface area (Å²) >= 11 is 0. The van der Waals surface area contributed by atoms with Crippen LogP contribution >= 0.6 is 0 Å². The molecule has 128 valence electrons. The van der Waals surface area contributed by atoms with Crippen LogP contribution in [0.1, 0.15) is 47.1 Å². The van der Waals surface area contributed by atoms with Crippen molar-refractivity contribution < 1.29 is 4.79 Å². The third-order valence-electron chi connectivity index (χ3n) is 4.69. The predicted molar refractivity (Wildman–Crippen MR) is 95.5 cm³/mol. The molecule has 0 saturated carbocycles. The summed E-state index contributed by atoms with van der Waals surface area (Å²) in [6.45, 7) is 5.25. The largest absolute Gasteiger partial charge is 0.350 e. The van der Waals surface area contributed by atoms with E-state index >= 15 is 0 Å². The molecule has 3 N–H and O–H groups in total. The number of carbonyl (C=O) groups excluding carboxylic acids is 1. The zero-order chi connectivity index (χ0) is 17.1. The highest BCUT2D eigenvalue weighted by Crippen LogP contribution is 2.27. The maximum atomic E-state index is 12.6. The molecule has 0 radical (unpaired) electrons. The molecule has 5 nitrogen and oxygen atoms in total.